The summed E-state index contributed by atoms with van der Waals surface area (Å²) in [6, 6.07) is 20.9. The SMILES string of the molecule is Cc1cc(F)cc(CN(C2CCNCC2)S(=O)(=O)c2ccc(-c3cc4cn(-c5ccc(CN(CCCN)CCCN)cc5)c(=O)nc4[nH]3)cc2)c1. The summed E-state index contributed by atoms with van der Waals surface area (Å²) in [5.74, 6) is -0.382. The molecule has 1 aliphatic heterocycles. The molecule has 11 nitrogen and oxygen atoms in total. The number of halogens is 1. The minimum Gasteiger partial charge on any atom is -0.339 e. The van der Waals surface area contributed by atoms with Crippen molar-refractivity contribution in [2.24, 2.45) is 11.5 Å². The topological polar surface area (TPSA) is 155 Å². The number of hydrogen-bond donors (Lipinski definition) is 4. The largest absolute Gasteiger partial charge is 0.354 e. The Hall–Kier alpha value is -4.24. The Bertz CT molecular complexity index is 2060. The first kappa shape index (κ1) is 36.5. The molecule has 0 aliphatic carbocycles. The van der Waals surface area contributed by atoms with Gasteiger partial charge in [0.15, 0.2) is 0 Å². The van der Waals surface area contributed by atoms with Crippen molar-refractivity contribution < 1.29 is 12.8 Å². The Labute approximate surface area is 298 Å². The Morgan fingerprint density at radius 3 is 2.24 bits per heavy atom. The van der Waals surface area contributed by atoms with Gasteiger partial charge in [0.05, 0.1) is 10.6 Å². The molecule has 0 amide bonds. The molecule has 1 aliphatic rings. The highest BCUT2D eigenvalue weighted by Crippen LogP contribution is 2.29. The monoisotopic (exact) mass is 714 g/mol. The minimum absolute atomic E-state index is 0.0866. The van der Waals surface area contributed by atoms with Crippen LogP contribution in [0.4, 0.5) is 4.39 Å². The second-order valence-electron chi connectivity index (χ2n) is 13.3. The Kier molecular flexibility index (Phi) is 11.8. The standard InChI is InChI=1S/C38H47FN8O3S/c1-27-20-29(22-32(39)21-27)25-47(34-12-16-42-17-13-34)51(49,50)35-10-6-30(7-11-35)36-23-31-26-46(38(48)44-37(31)43-36)33-8-4-28(5-9-33)24-45(18-2-14-40)19-3-15-41/h4-11,20-23,26,34,42H,2-3,12-19,24-25,40-41H2,1H3,(H,43,44,48). The summed E-state index contributed by atoms with van der Waals surface area (Å²) in [4.78, 5) is 23.1. The Balaban J connectivity index is 1.22. The van der Waals surface area contributed by atoms with Crippen LogP contribution in [0.15, 0.2) is 88.7 Å². The molecule has 0 atom stereocenters. The fourth-order valence-electron chi connectivity index (χ4n) is 6.78. The van der Waals surface area contributed by atoms with Gasteiger partial charge in [-0.15, -0.1) is 0 Å². The number of aromatic amines is 1. The smallest absolute Gasteiger partial charge is 0.339 e. The van der Waals surface area contributed by atoms with Gasteiger partial charge in [0, 0.05) is 36.4 Å². The molecule has 1 saturated heterocycles. The number of aromatic nitrogens is 3. The van der Waals surface area contributed by atoms with Crippen LogP contribution in [0.1, 0.15) is 42.4 Å². The molecule has 1 fully saturated rings. The van der Waals surface area contributed by atoms with Crippen LogP contribution in [-0.2, 0) is 23.1 Å². The highest BCUT2D eigenvalue weighted by molar-refractivity contribution is 7.89. The third kappa shape index (κ3) is 8.80. The van der Waals surface area contributed by atoms with Crippen molar-refractivity contribution in [3.8, 4) is 16.9 Å². The fraction of sp³-hybridized carbons (Fsp3) is 0.368. The Morgan fingerprint density at radius 2 is 1.59 bits per heavy atom. The van der Waals surface area contributed by atoms with E-state index in [1.54, 1.807) is 37.4 Å². The maximum atomic E-state index is 14.3. The average molecular weight is 715 g/mol. The lowest BCUT2D eigenvalue weighted by molar-refractivity contribution is 0.256. The van der Waals surface area contributed by atoms with Crippen LogP contribution in [0.25, 0.3) is 28.0 Å². The number of nitrogens with zero attached hydrogens (tertiary/aromatic N) is 4. The zero-order valence-electron chi connectivity index (χ0n) is 29.0. The molecule has 0 radical (unpaired) electrons. The van der Waals surface area contributed by atoms with Crippen LogP contribution in [0.3, 0.4) is 0 Å². The van der Waals surface area contributed by atoms with Crippen LogP contribution >= 0.6 is 0 Å². The summed E-state index contributed by atoms with van der Waals surface area (Å²) in [5, 5.41) is 4.03. The number of hydrogen-bond acceptors (Lipinski definition) is 8. The number of fused-ring (bicyclic) bond motifs is 1. The third-order valence-corrected chi connectivity index (χ3v) is 11.3. The van der Waals surface area contributed by atoms with Gasteiger partial charge < -0.3 is 21.8 Å². The number of aryl methyl sites for hydroxylation is 1. The van der Waals surface area contributed by atoms with Crippen LogP contribution < -0.4 is 22.5 Å². The van der Waals surface area contributed by atoms with E-state index in [9.17, 15) is 17.6 Å². The van der Waals surface area contributed by atoms with E-state index in [1.165, 1.54) is 21.0 Å². The molecule has 0 unspecified atom stereocenters. The van der Waals surface area contributed by atoms with Gasteiger partial charge in [-0.1, -0.05) is 30.3 Å². The van der Waals surface area contributed by atoms with Crippen LogP contribution in [0, 0.1) is 12.7 Å². The number of benzene rings is 3. The van der Waals surface area contributed by atoms with E-state index in [0.717, 1.165) is 54.6 Å². The van der Waals surface area contributed by atoms with Gasteiger partial charge >= 0.3 is 5.69 Å². The van der Waals surface area contributed by atoms with E-state index in [2.05, 4.69) is 20.2 Å². The van der Waals surface area contributed by atoms with Gasteiger partial charge in [-0.2, -0.15) is 9.29 Å². The summed E-state index contributed by atoms with van der Waals surface area (Å²) in [6.07, 6.45) is 4.94. The lowest BCUT2D eigenvalue weighted by Gasteiger charge is -2.34. The molecule has 0 bridgehead atoms. The highest BCUT2D eigenvalue weighted by atomic mass is 32.2. The average Bonchev–Trinajstić information content (AvgIpc) is 3.54. The summed E-state index contributed by atoms with van der Waals surface area (Å²) in [5.41, 5.74) is 16.1. The molecule has 3 heterocycles. The molecule has 2 aromatic heterocycles. The third-order valence-electron chi connectivity index (χ3n) is 9.41. The first-order valence-electron chi connectivity index (χ1n) is 17.6. The zero-order chi connectivity index (χ0) is 36.0. The predicted molar refractivity (Wildman–Crippen MR) is 200 cm³/mol. The van der Waals surface area contributed by atoms with Gasteiger partial charge in [-0.3, -0.25) is 9.47 Å². The van der Waals surface area contributed by atoms with E-state index in [-0.39, 0.29) is 23.3 Å². The van der Waals surface area contributed by atoms with Crippen molar-refractivity contribution in [3.63, 3.8) is 0 Å². The van der Waals surface area contributed by atoms with Gasteiger partial charge in [-0.25, -0.2) is 17.6 Å². The van der Waals surface area contributed by atoms with Crippen LogP contribution in [0.2, 0.25) is 0 Å². The van der Waals surface area contributed by atoms with Gasteiger partial charge in [-0.05, 0) is 137 Å². The number of sulfonamides is 1. The molecule has 0 spiro atoms. The van der Waals surface area contributed by atoms with Crippen molar-refractivity contribution >= 4 is 21.1 Å². The number of nitrogens with one attached hydrogen (secondary N) is 2. The summed E-state index contributed by atoms with van der Waals surface area (Å²) >= 11 is 0. The maximum Gasteiger partial charge on any atom is 0.354 e. The number of H-pyrrole nitrogens is 1. The van der Waals surface area contributed by atoms with Crippen molar-refractivity contribution in [3.05, 3.63) is 112 Å². The number of rotatable bonds is 15. The maximum absolute atomic E-state index is 14.3. The second kappa shape index (κ2) is 16.4. The fourth-order valence-corrected chi connectivity index (χ4v) is 8.46. The summed E-state index contributed by atoms with van der Waals surface area (Å²) < 4.78 is 45.5. The van der Waals surface area contributed by atoms with Crippen molar-refractivity contribution in [1.29, 1.82) is 0 Å². The van der Waals surface area contributed by atoms with Crippen molar-refractivity contribution in [1.82, 2.24) is 29.1 Å². The second-order valence-corrected chi connectivity index (χ2v) is 15.2. The van der Waals surface area contributed by atoms with Crippen molar-refractivity contribution in [2.75, 3.05) is 39.3 Å². The zero-order valence-corrected chi connectivity index (χ0v) is 29.8. The van der Waals surface area contributed by atoms with E-state index in [1.807, 2.05) is 36.4 Å². The summed E-state index contributed by atoms with van der Waals surface area (Å²) in [6.45, 7) is 7.18. The number of piperidine rings is 1. The quantitative estimate of drug-likeness (QED) is 0.125. The lowest BCUT2D eigenvalue weighted by atomic mass is 10.1. The number of nitrogens with two attached hydrogens (primary N) is 2. The first-order valence-corrected chi connectivity index (χ1v) is 19.0. The van der Waals surface area contributed by atoms with E-state index in [4.69, 9.17) is 11.5 Å². The molecule has 270 valence electrons. The first-order chi connectivity index (χ1) is 24.6. The molecule has 6 rings (SSSR count). The molecular weight excluding hydrogens is 668 g/mol. The molecular formula is C38H47FN8O3S. The van der Waals surface area contributed by atoms with Crippen LogP contribution in [-0.4, -0.2) is 77.5 Å². The van der Waals surface area contributed by atoms with E-state index >= 15 is 0 Å². The lowest BCUT2D eigenvalue weighted by Crippen LogP contribution is -2.45. The van der Waals surface area contributed by atoms with E-state index in [0.29, 0.717) is 61.6 Å². The van der Waals surface area contributed by atoms with Crippen molar-refractivity contribution in [2.45, 2.75) is 56.6 Å². The highest BCUT2D eigenvalue weighted by Gasteiger charge is 2.32. The minimum atomic E-state index is -3.91. The van der Waals surface area contributed by atoms with E-state index < -0.39 is 15.7 Å². The molecule has 6 N–H and O–H groups in total. The molecule has 51 heavy (non-hydrogen) atoms. The Morgan fingerprint density at radius 1 is 0.902 bits per heavy atom. The molecule has 0 saturated carbocycles. The molecule has 5 aromatic rings. The molecule has 13 heteroatoms. The molecule has 3 aromatic carbocycles. The normalized spacial score (nSPS) is 14.2. The summed E-state index contributed by atoms with van der Waals surface area (Å²) in [7, 11) is -3.91. The van der Waals surface area contributed by atoms with Gasteiger partial charge in [0.2, 0.25) is 10.0 Å². The predicted octanol–water partition coefficient (Wildman–Crippen LogP) is 4.27. The van der Waals surface area contributed by atoms with Gasteiger partial charge in [0.1, 0.15) is 11.5 Å². The van der Waals surface area contributed by atoms with Crippen LogP contribution in [0.5, 0.6) is 0 Å². The van der Waals surface area contributed by atoms with Gasteiger partial charge in [0.25, 0.3) is 0 Å².